The van der Waals surface area contributed by atoms with E-state index in [0.29, 0.717) is 27.8 Å². The second-order valence-electron chi connectivity index (χ2n) is 6.87. The summed E-state index contributed by atoms with van der Waals surface area (Å²) < 4.78 is 33.4. The molecule has 0 N–H and O–H groups in total. The van der Waals surface area contributed by atoms with Gasteiger partial charge >= 0.3 is 0 Å². The van der Waals surface area contributed by atoms with E-state index in [1.165, 1.54) is 12.7 Å². The normalized spacial score (nSPS) is 10.6. The minimum Gasteiger partial charge on any atom is -0.493 e. The zero-order valence-electron chi connectivity index (χ0n) is 18.1. The van der Waals surface area contributed by atoms with Gasteiger partial charge in [0, 0.05) is 24.2 Å². The third-order valence-electron chi connectivity index (χ3n) is 4.68. The first kappa shape index (κ1) is 21.4. The molecule has 0 fully saturated rings. The van der Waals surface area contributed by atoms with Crippen LogP contribution in [0.2, 0.25) is 0 Å². The topological polar surface area (TPSA) is 58.4 Å². The van der Waals surface area contributed by atoms with Crippen LogP contribution in [-0.2, 0) is 7.05 Å². The van der Waals surface area contributed by atoms with Crippen molar-refractivity contribution in [1.82, 2.24) is 14.5 Å². The lowest BCUT2D eigenvalue weighted by molar-refractivity contribution is 0.355. The molecule has 0 unspecified atom stereocenters. The van der Waals surface area contributed by atoms with Crippen LogP contribution >= 0.6 is 0 Å². The zero-order valence-corrected chi connectivity index (χ0v) is 18.1. The molecule has 0 aliphatic rings. The largest absolute Gasteiger partial charge is 0.493 e. The summed E-state index contributed by atoms with van der Waals surface area (Å²) in [7, 11) is 4.99. The maximum absolute atomic E-state index is 15.0. The molecular formula is C23H26FN3O3. The van der Waals surface area contributed by atoms with Gasteiger partial charge in [0.05, 0.1) is 30.6 Å². The number of hydrogen-bond acceptors (Lipinski definition) is 5. The predicted octanol–water partition coefficient (Wildman–Crippen LogP) is 5.79. The summed E-state index contributed by atoms with van der Waals surface area (Å²) in [4.78, 5) is 8.41. The van der Waals surface area contributed by atoms with Gasteiger partial charge in [-0.25, -0.2) is 14.4 Å². The third kappa shape index (κ3) is 3.87. The van der Waals surface area contributed by atoms with E-state index < -0.39 is 5.82 Å². The van der Waals surface area contributed by atoms with Crippen LogP contribution in [0.15, 0.2) is 36.7 Å². The molecule has 2 aromatic carbocycles. The maximum Gasteiger partial charge on any atom is 0.230 e. The second kappa shape index (κ2) is 8.98. The van der Waals surface area contributed by atoms with E-state index >= 15 is 0 Å². The molecule has 0 saturated heterocycles. The number of rotatable bonds is 4. The van der Waals surface area contributed by atoms with Crippen molar-refractivity contribution < 1.29 is 18.6 Å². The molecule has 158 valence electrons. The van der Waals surface area contributed by atoms with Crippen LogP contribution in [0.25, 0.3) is 21.8 Å². The summed E-state index contributed by atoms with van der Waals surface area (Å²) in [6, 6.07) is 8.67. The molecule has 0 spiro atoms. The average Bonchev–Trinajstić information content (AvgIpc) is 3.04. The summed E-state index contributed by atoms with van der Waals surface area (Å²) in [6.07, 6.45) is 2.62. The highest BCUT2D eigenvalue weighted by Crippen LogP contribution is 2.37. The fraction of sp³-hybridized carbons (Fsp3) is 0.304. The minimum absolute atomic E-state index is 0.0999. The quantitative estimate of drug-likeness (QED) is 0.425. The van der Waals surface area contributed by atoms with Crippen molar-refractivity contribution in [3.8, 4) is 23.1 Å². The van der Waals surface area contributed by atoms with Crippen molar-refractivity contribution in [2.45, 2.75) is 27.2 Å². The van der Waals surface area contributed by atoms with E-state index in [0.717, 1.165) is 11.2 Å². The predicted molar refractivity (Wildman–Crippen MR) is 116 cm³/mol. The molecular weight excluding hydrogens is 385 g/mol. The number of halogens is 1. The minimum atomic E-state index is -0.427. The Morgan fingerprint density at radius 1 is 0.933 bits per heavy atom. The summed E-state index contributed by atoms with van der Waals surface area (Å²) in [5, 5.41) is 1.10. The van der Waals surface area contributed by atoms with Gasteiger partial charge in [0.25, 0.3) is 0 Å². The lowest BCUT2D eigenvalue weighted by Gasteiger charge is -2.12. The van der Waals surface area contributed by atoms with Gasteiger partial charge in [-0.15, -0.1) is 0 Å². The first-order chi connectivity index (χ1) is 14.4. The highest BCUT2D eigenvalue weighted by atomic mass is 19.1. The third-order valence-corrected chi connectivity index (χ3v) is 4.68. The fourth-order valence-electron chi connectivity index (χ4n) is 3.11. The molecule has 30 heavy (non-hydrogen) atoms. The van der Waals surface area contributed by atoms with Gasteiger partial charge in [0.2, 0.25) is 5.88 Å². The van der Waals surface area contributed by atoms with E-state index in [1.54, 1.807) is 38.5 Å². The van der Waals surface area contributed by atoms with E-state index in [4.69, 9.17) is 14.2 Å². The van der Waals surface area contributed by atoms with Crippen LogP contribution < -0.4 is 14.2 Å². The Balaban J connectivity index is 0.000000806. The second-order valence-corrected chi connectivity index (χ2v) is 6.87. The first-order valence-corrected chi connectivity index (χ1v) is 9.74. The Bertz CT molecular complexity index is 1190. The summed E-state index contributed by atoms with van der Waals surface area (Å²) in [6.45, 7) is 6.18. The molecule has 4 rings (SSSR count). The Morgan fingerprint density at radius 3 is 2.27 bits per heavy atom. The van der Waals surface area contributed by atoms with Gasteiger partial charge in [0.1, 0.15) is 6.33 Å². The zero-order chi connectivity index (χ0) is 21.8. The van der Waals surface area contributed by atoms with Crippen LogP contribution in [0.3, 0.4) is 0 Å². The van der Waals surface area contributed by atoms with Crippen molar-refractivity contribution in [3.63, 3.8) is 0 Å². The fourth-order valence-corrected chi connectivity index (χ4v) is 3.11. The number of benzene rings is 2. The number of hydrogen-bond donors (Lipinski definition) is 0. The maximum atomic E-state index is 15.0. The number of ether oxygens (including phenoxy) is 3. The standard InChI is InChI=1S/C20H18FN3O3.C3H8/c1-11-7-13-15(24(11)2)5-6-16(19(13)21)27-20-12-8-17(25-3)18(26-4)9-14(12)22-10-23-20;1-3-2/h5-10H,1-4H3;3H2,1-2H3. The van der Waals surface area contributed by atoms with Crippen LogP contribution in [0.4, 0.5) is 4.39 Å². The molecule has 2 aromatic heterocycles. The van der Waals surface area contributed by atoms with E-state index in [9.17, 15) is 4.39 Å². The molecule has 0 aliphatic carbocycles. The highest BCUT2D eigenvalue weighted by Gasteiger charge is 2.16. The van der Waals surface area contributed by atoms with Crippen LogP contribution in [0.1, 0.15) is 26.0 Å². The molecule has 0 saturated carbocycles. The van der Waals surface area contributed by atoms with Crippen molar-refractivity contribution in [3.05, 3.63) is 48.2 Å². The van der Waals surface area contributed by atoms with Crippen molar-refractivity contribution in [2.75, 3.05) is 14.2 Å². The summed E-state index contributed by atoms with van der Waals surface area (Å²) >= 11 is 0. The van der Waals surface area contributed by atoms with E-state index in [-0.39, 0.29) is 11.6 Å². The molecule has 0 atom stereocenters. The molecule has 6 nitrogen and oxygen atoms in total. The SMILES string of the molecule is CCC.COc1cc2ncnc(Oc3ccc4c(cc(C)n4C)c3F)c2cc1OC. The first-order valence-electron chi connectivity index (χ1n) is 9.74. The molecule has 4 aromatic rings. The van der Waals surface area contributed by atoms with Crippen molar-refractivity contribution in [2.24, 2.45) is 7.05 Å². The van der Waals surface area contributed by atoms with Gasteiger partial charge in [-0.05, 0) is 31.2 Å². The average molecular weight is 411 g/mol. The summed E-state index contributed by atoms with van der Waals surface area (Å²) in [5.74, 6) is 0.972. The lowest BCUT2D eigenvalue weighted by Crippen LogP contribution is -1.96. The molecule has 2 heterocycles. The Hall–Kier alpha value is -3.35. The number of methoxy groups -OCH3 is 2. The van der Waals surface area contributed by atoms with Gasteiger partial charge in [-0.3, -0.25) is 0 Å². The van der Waals surface area contributed by atoms with Gasteiger partial charge < -0.3 is 18.8 Å². The van der Waals surface area contributed by atoms with Gasteiger partial charge in [-0.2, -0.15) is 0 Å². The van der Waals surface area contributed by atoms with Crippen LogP contribution in [0.5, 0.6) is 23.1 Å². The van der Waals surface area contributed by atoms with E-state index in [1.807, 2.05) is 24.6 Å². The number of nitrogens with zero attached hydrogens (tertiary/aromatic N) is 3. The van der Waals surface area contributed by atoms with Crippen LogP contribution in [0, 0.1) is 12.7 Å². The van der Waals surface area contributed by atoms with Crippen LogP contribution in [-0.4, -0.2) is 28.8 Å². The summed E-state index contributed by atoms with van der Waals surface area (Å²) in [5.41, 5.74) is 2.37. The van der Waals surface area contributed by atoms with Crippen molar-refractivity contribution in [1.29, 1.82) is 0 Å². The highest BCUT2D eigenvalue weighted by molar-refractivity contribution is 5.87. The molecule has 0 radical (unpaired) electrons. The Labute approximate surface area is 175 Å². The number of fused-ring (bicyclic) bond motifs is 2. The lowest BCUT2D eigenvalue weighted by atomic mass is 10.2. The van der Waals surface area contributed by atoms with Crippen molar-refractivity contribution >= 4 is 21.8 Å². The van der Waals surface area contributed by atoms with E-state index in [2.05, 4.69) is 23.8 Å². The molecule has 0 aliphatic heterocycles. The molecule has 0 amide bonds. The number of aromatic nitrogens is 3. The molecule has 7 heteroatoms. The number of aryl methyl sites for hydroxylation is 2. The van der Waals surface area contributed by atoms with Gasteiger partial charge in [0.15, 0.2) is 23.1 Å². The Morgan fingerprint density at radius 2 is 1.60 bits per heavy atom. The Kier molecular flexibility index (Phi) is 6.40. The smallest absolute Gasteiger partial charge is 0.230 e. The molecule has 0 bridgehead atoms. The monoisotopic (exact) mass is 411 g/mol. The van der Waals surface area contributed by atoms with Gasteiger partial charge in [-0.1, -0.05) is 20.3 Å².